The Morgan fingerprint density at radius 3 is 2.52 bits per heavy atom. The fourth-order valence-electron chi connectivity index (χ4n) is 2.00. The van der Waals surface area contributed by atoms with E-state index in [-0.39, 0.29) is 18.1 Å². The van der Waals surface area contributed by atoms with Gasteiger partial charge >= 0.3 is 6.09 Å². The summed E-state index contributed by atoms with van der Waals surface area (Å²) in [5, 5.41) is 10.6. The fraction of sp³-hybridized carbons (Fsp3) is 0.750. The van der Waals surface area contributed by atoms with Gasteiger partial charge in [0.1, 0.15) is 17.4 Å². The predicted molar refractivity (Wildman–Crippen MR) is 84.9 cm³/mol. The number of amides is 1. The van der Waals surface area contributed by atoms with Gasteiger partial charge in [-0.25, -0.2) is 4.79 Å². The van der Waals surface area contributed by atoms with Crippen molar-refractivity contribution in [3.63, 3.8) is 0 Å². The van der Waals surface area contributed by atoms with Crippen molar-refractivity contribution >= 4 is 11.9 Å². The first-order chi connectivity index (χ1) is 10.7. The standard InChI is InChI=1S/C16H27N3O4/c1-6-7-8-9-12(17-15(21)23-16(3,4)5)14-19-18-13(22-14)10-11(2)20/h12H,6-10H2,1-5H3,(H,17,21). The molecule has 0 spiro atoms. The van der Waals surface area contributed by atoms with Crippen molar-refractivity contribution in [2.75, 3.05) is 0 Å². The van der Waals surface area contributed by atoms with Crippen LogP contribution in [0.25, 0.3) is 0 Å². The first-order valence-corrected chi connectivity index (χ1v) is 8.02. The molecular weight excluding hydrogens is 298 g/mol. The van der Waals surface area contributed by atoms with Crippen LogP contribution in [0, 0.1) is 0 Å². The minimum absolute atomic E-state index is 0.0529. The lowest BCUT2D eigenvalue weighted by Crippen LogP contribution is -2.35. The van der Waals surface area contributed by atoms with Crippen LogP contribution in [0.3, 0.4) is 0 Å². The molecule has 7 nitrogen and oxygen atoms in total. The highest BCUT2D eigenvalue weighted by molar-refractivity contribution is 5.77. The van der Waals surface area contributed by atoms with Crippen LogP contribution in [0.2, 0.25) is 0 Å². The molecule has 0 aliphatic rings. The van der Waals surface area contributed by atoms with E-state index in [1.807, 2.05) is 0 Å². The second-order valence-corrected chi connectivity index (χ2v) is 6.61. The zero-order chi connectivity index (χ0) is 17.5. The normalized spacial score (nSPS) is 12.7. The molecule has 1 aromatic heterocycles. The highest BCUT2D eigenvalue weighted by Gasteiger charge is 2.24. The number of ether oxygens (including phenoxy) is 1. The molecule has 0 saturated heterocycles. The van der Waals surface area contributed by atoms with E-state index >= 15 is 0 Å². The third-order valence-corrected chi connectivity index (χ3v) is 2.97. The van der Waals surface area contributed by atoms with E-state index in [1.54, 1.807) is 20.8 Å². The van der Waals surface area contributed by atoms with Gasteiger partial charge in [-0.2, -0.15) is 0 Å². The SMILES string of the molecule is CCCCCC(NC(=O)OC(C)(C)C)c1nnc(CC(C)=O)o1. The van der Waals surface area contributed by atoms with Gasteiger partial charge in [0.25, 0.3) is 0 Å². The maximum atomic E-state index is 12.0. The molecule has 0 bridgehead atoms. The van der Waals surface area contributed by atoms with E-state index in [1.165, 1.54) is 6.92 Å². The van der Waals surface area contributed by atoms with Gasteiger partial charge < -0.3 is 14.5 Å². The van der Waals surface area contributed by atoms with Gasteiger partial charge in [0.15, 0.2) is 0 Å². The molecule has 1 amide bonds. The van der Waals surface area contributed by atoms with E-state index in [0.29, 0.717) is 12.3 Å². The van der Waals surface area contributed by atoms with Gasteiger partial charge in [-0.3, -0.25) is 4.79 Å². The van der Waals surface area contributed by atoms with E-state index in [2.05, 4.69) is 22.4 Å². The monoisotopic (exact) mass is 325 g/mol. The number of ketones is 1. The summed E-state index contributed by atoms with van der Waals surface area (Å²) in [5.41, 5.74) is -0.577. The first kappa shape index (κ1) is 19.1. The van der Waals surface area contributed by atoms with Crippen molar-refractivity contribution in [1.29, 1.82) is 0 Å². The molecule has 0 saturated carbocycles. The van der Waals surface area contributed by atoms with Crippen molar-refractivity contribution in [1.82, 2.24) is 15.5 Å². The molecule has 0 aliphatic carbocycles. The van der Waals surface area contributed by atoms with Crippen LogP contribution in [0.15, 0.2) is 4.42 Å². The van der Waals surface area contributed by atoms with Crippen LogP contribution in [0.4, 0.5) is 4.79 Å². The van der Waals surface area contributed by atoms with Crippen molar-refractivity contribution in [3.05, 3.63) is 11.8 Å². The number of unbranched alkanes of at least 4 members (excludes halogenated alkanes) is 2. The molecule has 1 N–H and O–H groups in total. The topological polar surface area (TPSA) is 94.3 Å². The van der Waals surface area contributed by atoms with Crippen molar-refractivity contribution in [2.45, 2.75) is 78.4 Å². The Morgan fingerprint density at radius 2 is 1.96 bits per heavy atom. The number of nitrogens with zero attached hydrogens (tertiary/aromatic N) is 2. The molecule has 1 atom stereocenters. The van der Waals surface area contributed by atoms with Gasteiger partial charge in [-0.05, 0) is 34.1 Å². The van der Waals surface area contributed by atoms with E-state index in [9.17, 15) is 9.59 Å². The quantitative estimate of drug-likeness (QED) is 0.737. The van der Waals surface area contributed by atoms with Crippen molar-refractivity contribution in [3.8, 4) is 0 Å². The smallest absolute Gasteiger partial charge is 0.408 e. The highest BCUT2D eigenvalue weighted by atomic mass is 16.6. The number of carbonyl (C=O) groups excluding carboxylic acids is 2. The number of Topliss-reactive ketones (excluding diaryl/α,β-unsaturated/α-hetero) is 1. The Balaban J connectivity index is 2.76. The van der Waals surface area contributed by atoms with E-state index in [4.69, 9.17) is 9.15 Å². The average Bonchev–Trinajstić information content (AvgIpc) is 2.83. The number of aromatic nitrogens is 2. The summed E-state index contributed by atoms with van der Waals surface area (Å²) in [6.07, 6.45) is 3.28. The number of nitrogens with one attached hydrogen (secondary N) is 1. The van der Waals surface area contributed by atoms with Crippen LogP contribution >= 0.6 is 0 Å². The lowest BCUT2D eigenvalue weighted by molar-refractivity contribution is -0.116. The molecular formula is C16H27N3O4. The third kappa shape index (κ3) is 7.76. The van der Waals surface area contributed by atoms with Gasteiger partial charge in [0.05, 0.1) is 6.42 Å². The lowest BCUT2D eigenvalue weighted by Gasteiger charge is -2.22. The number of rotatable bonds is 8. The second-order valence-electron chi connectivity index (χ2n) is 6.61. The molecule has 0 radical (unpaired) electrons. The maximum absolute atomic E-state index is 12.0. The Kier molecular flexibility index (Phi) is 7.19. The van der Waals surface area contributed by atoms with Gasteiger partial charge in [0, 0.05) is 0 Å². The highest BCUT2D eigenvalue weighted by Crippen LogP contribution is 2.20. The molecule has 23 heavy (non-hydrogen) atoms. The Labute approximate surface area is 137 Å². The van der Waals surface area contributed by atoms with Crippen LogP contribution in [-0.2, 0) is 16.0 Å². The van der Waals surface area contributed by atoms with Gasteiger partial charge in [-0.1, -0.05) is 26.2 Å². The van der Waals surface area contributed by atoms with Crippen LogP contribution in [0.1, 0.15) is 78.1 Å². The molecule has 1 heterocycles. The molecule has 1 aromatic rings. The van der Waals surface area contributed by atoms with Crippen LogP contribution in [-0.4, -0.2) is 27.7 Å². The summed E-state index contributed by atoms with van der Waals surface area (Å²) in [5.74, 6) is 0.519. The zero-order valence-electron chi connectivity index (χ0n) is 14.6. The predicted octanol–water partition coefficient (Wildman–Crippen LogP) is 3.35. The van der Waals surface area contributed by atoms with E-state index in [0.717, 1.165) is 19.3 Å². The number of carbonyl (C=O) groups is 2. The Bertz CT molecular complexity index is 520. The summed E-state index contributed by atoms with van der Waals surface area (Å²) in [6, 6.07) is -0.412. The van der Waals surface area contributed by atoms with E-state index < -0.39 is 17.7 Å². The molecule has 0 fully saturated rings. The summed E-state index contributed by atoms with van der Waals surface area (Å²) >= 11 is 0. The van der Waals surface area contributed by atoms with Crippen LogP contribution in [0.5, 0.6) is 0 Å². The third-order valence-electron chi connectivity index (χ3n) is 2.97. The van der Waals surface area contributed by atoms with Gasteiger partial charge in [0.2, 0.25) is 11.8 Å². The largest absolute Gasteiger partial charge is 0.444 e. The lowest BCUT2D eigenvalue weighted by atomic mass is 10.1. The zero-order valence-corrected chi connectivity index (χ0v) is 14.6. The van der Waals surface area contributed by atoms with Crippen LogP contribution < -0.4 is 5.32 Å². The summed E-state index contributed by atoms with van der Waals surface area (Å²) in [7, 11) is 0. The fourth-order valence-corrected chi connectivity index (χ4v) is 2.00. The molecule has 7 heteroatoms. The second kappa shape index (κ2) is 8.64. The summed E-state index contributed by atoms with van der Waals surface area (Å²) < 4.78 is 10.8. The van der Waals surface area contributed by atoms with Gasteiger partial charge in [-0.15, -0.1) is 10.2 Å². The minimum atomic E-state index is -0.577. The van der Waals surface area contributed by atoms with Crippen molar-refractivity contribution in [2.24, 2.45) is 0 Å². The minimum Gasteiger partial charge on any atom is -0.444 e. The van der Waals surface area contributed by atoms with Crippen molar-refractivity contribution < 1.29 is 18.7 Å². The molecule has 130 valence electrons. The number of hydrogen-bond donors (Lipinski definition) is 1. The Morgan fingerprint density at radius 1 is 1.26 bits per heavy atom. The molecule has 0 aromatic carbocycles. The summed E-state index contributed by atoms with van der Waals surface area (Å²) in [6.45, 7) is 8.97. The number of alkyl carbamates (subject to hydrolysis) is 1. The first-order valence-electron chi connectivity index (χ1n) is 8.02. The Hall–Kier alpha value is -1.92. The summed E-state index contributed by atoms with van der Waals surface area (Å²) in [4.78, 5) is 23.1. The average molecular weight is 325 g/mol. The number of hydrogen-bond acceptors (Lipinski definition) is 6. The molecule has 1 rings (SSSR count). The maximum Gasteiger partial charge on any atom is 0.408 e. The molecule has 0 aliphatic heterocycles. The molecule has 1 unspecified atom stereocenters.